The van der Waals surface area contributed by atoms with Crippen LogP contribution in [0.4, 0.5) is 8.78 Å². The summed E-state index contributed by atoms with van der Waals surface area (Å²) in [6, 6.07) is 2.83. The molecular formula is C16H20BrF2N. The molecule has 0 bridgehead atoms. The predicted octanol–water partition coefficient (Wildman–Crippen LogP) is 5.27. The molecule has 0 aliphatic heterocycles. The molecule has 1 aromatic rings. The number of rotatable bonds is 4. The van der Waals surface area contributed by atoms with Crippen LogP contribution in [0.25, 0.3) is 0 Å². The summed E-state index contributed by atoms with van der Waals surface area (Å²) in [6.45, 7) is 2.81. The van der Waals surface area contributed by atoms with Crippen LogP contribution in [0.1, 0.15) is 50.6 Å². The molecule has 0 spiro atoms. The summed E-state index contributed by atoms with van der Waals surface area (Å²) in [5.74, 6) is -1.62. The van der Waals surface area contributed by atoms with Crippen LogP contribution in [0.15, 0.2) is 28.3 Å². The van der Waals surface area contributed by atoms with Crippen LogP contribution < -0.4 is 5.32 Å². The molecule has 110 valence electrons. The molecule has 1 aliphatic rings. The molecule has 0 saturated heterocycles. The van der Waals surface area contributed by atoms with Gasteiger partial charge in [-0.1, -0.05) is 31.1 Å². The Morgan fingerprint density at radius 1 is 1.25 bits per heavy atom. The van der Waals surface area contributed by atoms with E-state index in [1.54, 1.807) is 6.07 Å². The van der Waals surface area contributed by atoms with Gasteiger partial charge in [0.15, 0.2) is 11.6 Å². The van der Waals surface area contributed by atoms with Gasteiger partial charge in [-0.25, -0.2) is 8.78 Å². The van der Waals surface area contributed by atoms with Crippen molar-refractivity contribution in [2.24, 2.45) is 0 Å². The molecule has 0 aromatic heterocycles. The first-order chi connectivity index (χ1) is 9.65. The van der Waals surface area contributed by atoms with Gasteiger partial charge in [-0.2, -0.15) is 0 Å². The molecule has 0 saturated carbocycles. The maximum atomic E-state index is 13.8. The molecular weight excluding hydrogens is 324 g/mol. The van der Waals surface area contributed by atoms with Gasteiger partial charge in [0.25, 0.3) is 0 Å². The molecule has 2 rings (SSSR count). The van der Waals surface area contributed by atoms with E-state index in [0.29, 0.717) is 0 Å². The van der Waals surface area contributed by atoms with Crippen molar-refractivity contribution < 1.29 is 8.78 Å². The summed E-state index contributed by atoms with van der Waals surface area (Å²) in [5, 5.41) is 3.40. The largest absolute Gasteiger partial charge is 0.307 e. The lowest BCUT2D eigenvalue weighted by Gasteiger charge is -2.23. The van der Waals surface area contributed by atoms with Gasteiger partial charge in [-0.3, -0.25) is 0 Å². The van der Waals surface area contributed by atoms with Gasteiger partial charge in [0.05, 0.1) is 10.5 Å². The number of nitrogens with one attached hydrogen (secondary N) is 1. The average Bonchev–Trinajstić information content (AvgIpc) is 2.72. The Morgan fingerprint density at radius 2 is 2.05 bits per heavy atom. The first kappa shape index (κ1) is 15.6. The van der Waals surface area contributed by atoms with Gasteiger partial charge in [0.1, 0.15) is 0 Å². The quantitative estimate of drug-likeness (QED) is 0.580. The third-order valence-electron chi connectivity index (χ3n) is 3.73. The van der Waals surface area contributed by atoms with Crippen LogP contribution in [0.5, 0.6) is 0 Å². The van der Waals surface area contributed by atoms with E-state index in [1.165, 1.54) is 24.5 Å². The topological polar surface area (TPSA) is 12.0 Å². The SMILES string of the molecule is CCNC(C1=CCCCCC1)c1ccc(F)c(F)c1Br. The molecule has 1 nitrogen and oxygen atoms in total. The first-order valence-electron chi connectivity index (χ1n) is 7.20. The third kappa shape index (κ3) is 3.47. The maximum Gasteiger partial charge on any atom is 0.173 e. The highest BCUT2D eigenvalue weighted by atomic mass is 79.9. The highest BCUT2D eigenvalue weighted by molar-refractivity contribution is 9.10. The molecule has 0 fully saturated rings. The van der Waals surface area contributed by atoms with Crippen LogP contribution in [0, 0.1) is 11.6 Å². The van der Waals surface area contributed by atoms with E-state index in [1.807, 2.05) is 6.92 Å². The highest BCUT2D eigenvalue weighted by Gasteiger charge is 2.22. The van der Waals surface area contributed by atoms with E-state index >= 15 is 0 Å². The Morgan fingerprint density at radius 3 is 2.80 bits per heavy atom. The smallest absolute Gasteiger partial charge is 0.173 e. The van der Waals surface area contributed by atoms with Crippen LogP contribution >= 0.6 is 15.9 Å². The zero-order valence-corrected chi connectivity index (χ0v) is 13.3. The van der Waals surface area contributed by atoms with Gasteiger partial charge in [-0.05, 0) is 59.8 Å². The second-order valence-corrected chi connectivity index (χ2v) is 5.93. The lowest BCUT2D eigenvalue weighted by molar-refractivity contribution is 0.497. The van der Waals surface area contributed by atoms with E-state index < -0.39 is 11.6 Å². The normalized spacial score (nSPS) is 17.5. The average molecular weight is 344 g/mol. The summed E-state index contributed by atoms with van der Waals surface area (Å²) in [5.41, 5.74) is 2.06. The Kier molecular flexibility index (Phi) is 5.73. The fourth-order valence-corrected chi connectivity index (χ4v) is 3.26. The summed E-state index contributed by atoms with van der Waals surface area (Å²) in [6.07, 6.45) is 7.95. The minimum atomic E-state index is -0.814. The monoisotopic (exact) mass is 343 g/mol. The fraction of sp³-hybridized carbons (Fsp3) is 0.500. The van der Waals surface area contributed by atoms with Gasteiger partial charge < -0.3 is 5.32 Å². The Bertz CT molecular complexity index is 499. The van der Waals surface area contributed by atoms with E-state index in [4.69, 9.17) is 0 Å². The Labute approximate surface area is 127 Å². The van der Waals surface area contributed by atoms with Crippen molar-refractivity contribution in [3.8, 4) is 0 Å². The number of benzene rings is 1. The predicted molar refractivity (Wildman–Crippen MR) is 81.6 cm³/mol. The van der Waals surface area contributed by atoms with Gasteiger partial charge >= 0.3 is 0 Å². The van der Waals surface area contributed by atoms with Crippen LogP contribution in [0.3, 0.4) is 0 Å². The van der Waals surface area contributed by atoms with E-state index in [0.717, 1.165) is 31.4 Å². The zero-order valence-electron chi connectivity index (χ0n) is 11.7. The van der Waals surface area contributed by atoms with Crippen molar-refractivity contribution in [1.82, 2.24) is 5.32 Å². The first-order valence-corrected chi connectivity index (χ1v) is 8.00. The van der Waals surface area contributed by atoms with Gasteiger partial charge in [-0.15, -0.1) is 0 Å². The number of halogens is 3. The van der Waals surface area contributed by atoms with Crippen LogP contribution in [0.2, 0.25) is 0 Å². The van der Waals surface area contributed by atoms with Crippen LogP contribution in [-0.4, -0.2) is 6.54 Å². The van der Waals surface area contributed by atoms with Crippen molar-refractivity contribution in [3.05, 3.63) is 45.5 Å². The van der Waals surface area contributed by atoms with Crippen molar-refractivity contribution in [1.29, 1.82) is 0 Å². The summed E-state index contributed by atoms with van der Waals surface area (Å²) < 4.78 is 27.3. The van der Waals surface area contributed by atoms with Crippen molar-refractivity contribution >= 4 is 15.9 Å². The minimum absolute atomic E-state index is 0.0393. The molecule has 0 amide bonds. The molecule has 1 unspecified atom stereocenters. The molecule has 4 heteroatoms. The Balaban J connectivity index is 2.37. The van der Waals surface area contributed by atoms with Gasteiger partial charge in [0, 0.05) is 0 Å². The maximum absolute atomic E-state index is 13.8. The zero-order chi connectivity index (χ0) is 14.5. The van der Waals surface area contributed by atoms with Crippen molar-refractivity contribution in [2.45, 2.75) is 45.1 Å². The number of likely N-dealkylation sites (N-methyl/N-ethyl adjacent to an activating group) is 1. The minimum Gasteiger partial charge on any atom is -0.307 e. The summed E-state index contributed by atoms with van der Waals surface area (Å²) >= 11 is 3.21. The highest BCUT2D eigenvalue weighted by Crippen LogP contribution is 2.35. The van der Waals surface area contributed by atoms with Crippen molar-refractivity contribution in [3.63, 3.8) is 0 Å². The summed E-state index contributed by atoms with van der Waals surface area (Å²) in [7, 11) is 0. The summed E-state index contributed by atoms with van der Waals surface area (Å²) in [4.78, 5) is 0. The third-order valence-corrected chi connectivity index (χ3v) is 4.54. The second-order valence-electron chi connectivity index (χ2n) is 5.13. The molecule has 1 aromatic carbocycles. The molecule has 1 aliphatic carbocycles. The number of hydrogen-bond donors (Lipinski definition) is 1. The lowest BCUT2D eigenvalue weighted by Crippen LogP contribution is -2.23. The van der Waals surface area contributed by atoms with E-state index in [9.17, 15) is 8.78 Å². The molecule has 0 radical (unpaired) electrons. The second kappa shape index (κ2) is 7.32. The Hall–Kier alpha value is -0.740. The number of hydrogen-bond acceptors (Lipinski definition) is 1. The standard InChI is InChI=1S/C16H20BrF2N/c1-2-20-16(11-7-5-3-4-6-8-11)12-9-10-13(18)15(19)14(12)17/h7,9-10,16,20H,2-6,8H2,1H3. The van der Waals surface area contributed by atoms with Gasteiger partial charge in [0.2, 0.25) is 0 Å². The molecule has 1 N–H and O–H groups in total. The molecule has 0 heterocycles. The fourth-order valence-electron chi connectivity index (χ4n) is 2.71. The van der Waals surface area contributed by atoms with E-state index in [-0.39, 0.29) is 10.5 Å². The molecule has 20 heavy (non-hydrogen) atoms. The molecule has 1 atom stereocenters. The lowest BCUT2D eigenvalue weighted by atomic mass is 9.95. The van der Waals surface area contributed by atoms with Crippen LogP contribution in [-0.2, 0) is 0 Å². The van der Waals surface area contributed by atoms with Crippen molar-refractivity contribution in [2.75, 3.05) is 6.54 Å². The van der Waals surface area contributed by atoms with E-state index in [2.05, 4.69) is 27.3 Å². The number of allylic oxidation sites excluding steroid dienone is 1.